The highest BCUT2D eigenvalue weighted by Crippen LogP contribution is 2.22. The molecular formula is C21H15N5O2S. The molecule has 7 nitrogen and oxygen atoms in total. The summed E-state index contributed by atoms with van der Waals surface area (Å²) < 4.78 is 22.1. The van der Waals surface area contributed by atoms with E-state index in [1.165, 1.54) is 0 Å². The summed E-state index contributed by atoms with van der Waals surface area (Å²) in [6.07, 6.45) is 1.78. The van der Waals surface area contributed by atoms with E-state index in [0.29, 0.717) is 22.6 Å². The van der Waals surface area contributed by atoms with Gasteiger partial charge in [-0.2, -0.15) is 0 Å². The smallest absolute Gasteiger partial charge is 0.186 e. The third-order valence-corrected chi connectivity index (χ3v) is 5.39. The first-order valence-electron chi connectivity index (χ1n) is 8.92. The molecule has 0 bridgehead atoms. The number of fused-ring (bicyclic) bond motifs is 2. The number of rotatable bonds is 4. The summed E-state index contributed by atoms with van der Waals surface area (Å²) >= 11 is -1.99. The summed E-state index contributed by atoms with van der Waals surface area (Å²) in [5.41, 5.74) is 5.03. The van der Waals surface area contributed by atoms with Gasteiger partial charge in [0.25, 0.3) is 0 Å². The van der Waals surface area contributed by atoms with Crippen molar-refractivity contribution in [3.63, 3.8) is 0 Å². The molecule has 0 radical (unpaired) electrons. The van der Waals surface area contributed by atoms with Gasteiger partial charge in [0, 0.05) is 17.1 Å². The Morgan fingerprint density at radius 2 is 1.79 bits per heavy atom. The lowest BCUT2D eigenvalue weighted by atomic mass is 10.1. The summed E-state index contributed by atoms with van der Waals surface area (Å²) in [6.45, 7) is 0.542. The molecule has 8 heteroatoms. The zero-order chi connectivity index (χ0) is 19.8. The van der Waals surface area contributed by atoms with Crippen LogP contribution >= 0.6 is 0 Å². The normalized spacial score (nSPS) is 12.4. The second-order valence-electron chi connectivity index (χ2n) is 6.59. The fourth-order valence-corrected chi connectivity index (χ4v) is 3.63. The van der Waals surface area contributed by atoms with Gasteiger partial charge in [-0.25, -0.2) is 13.9 Å². The van der Waals surface area contributed by atoms with Gasteiger partial charge in [0.2, 0.25) is 0 Å². The van der Waals surface area contributed by atoms with Crippen LogP contribution < -0.4 is 0 Å². The van der Waals surface area contributed by atoms with Gasteiger partial charge >= 0.3 is 0 Å². The maximum atomic E-state index is 11.2. The van der Waals surface area contributed by atoms with Crippen LogP contribution in [0, 0.1) is 0 Å². The molecule has 1 unspecified atom stereocenters. The molecule has 29 heavy (non-hydrogen) atoms. The Hall–Kier alpha value is -3.49. The summed E-state index contributed by atoms with van der Waals surface area (Å²) in [5, 5.41) is 9.55. The van der Waals surface area contributed by atoms with Crippen molar-refractivity contribution in [3.05, 3.63) is 78.5 Å². The topological polar surface area (TPSA) is 93.8 Å². The highest BCUT2D eigenvalue weighted by molar-refractivity contribution is 7.79. The van der Waals surface area contributed by atoms with Gasteiger partial charge in [0.15, 0.2) is 16.7 Å². The van der Waals surface area contributed by atoms with E-state index in [2.05, 4.69) is 21.4 Å². The molecule has 0 saturated carbocycles. The monoisotopic (exact) mass is 401 g/mol. The third-order valence-electron chi connectivity index (χ3n) is 4.71. The van der Waals surface area contributed by atoms with Crippen molar-refractivity contribution in [2.45, 2.75) is 11.4 Å². The highest BCUT2D eigenvalue weighted by atomic mass is 32.2. The zero-order valence-electron chi connectivity index (χ0n) is 15.1. The van der Waals surface area contributed by atoms with Crippen molar-refractivity contribution in [3.8, 4) is 11.3 Å². The van der Waals surface area contributed by atoms with Crippen LogP contribution in [0.2, 0.25) is 0 Å². The summed E-state index contributed by atoms with van der Waals surface area (Å²) in [6, 6.07) is 20.6. The van der Waals surface area contributed by atoms with E-state index < -0.39 is 11.1 Å². The Balaban J connectivity index is 1.51. The predicted octanol–water partition coefficient (Wildman–Crippen LogP) is 3.67. The first-order chi connectivity index (χ1) is 14.2. The molecule has 3 aromatic heterocycles. The Bertz CT molecular complexity index is 1360. The quantitative estimate of drug-likeness (QED) is 0.462. The van der Waals surface area contributed by atoms with Crippen LogP contribution in [0.4, 0.5) is 0 Å². The van der Waals surface area contributed by atoms with E-state index in [-0.39, 0.29) is 0 Å². The molecule has 5 rings (SSSR count). The number of nitrogens with zero attached hydrogens (tertiary/aromatic N) is 5. The molecule has 0 fully saturated rings. The molecule has 0 spiro atoms. The van der Waals surface area contributed by atoms with Crippen LogP contribution in [-0.2, 0) is 17.6 Å². The lowest BCUT2D eigenvalue weighted by molar-refractivity contribution is 0.564. The molecule has 3 heterocycles. The molecular weight excluding hydrogens is 386 g/mol. The van der Waals surface area contributed by atoms with Crippen LogP contribution in [0.15, 0.2) is 77.8 Å². The molecule has 0 aliphatic rings. The number of benzene rings is 2. The van der Waals surface area contributed by atoms with Crippen LogP contribution in [0.25, 0.3) is 33.3 Å². The van der Waals surface area contributed by atoms with Crippen molar-refractivity contribution in [2.75, 3.05) is 0 Å². The molecule has 2 aromatic carbocycles. The Kier molecular flexibility index (Phi) is 4.34. The van der Waals surface area contributed by atoms with E-state index in [1.807, 2.05) is 36.4 Å². The molecule has 0 aliphatic carbocycles. The van der Waals surface area contributed by atoms with Gasteiger partial charge in [-0.3, -0.25) is 4.98 Å². The van der Waals surface area contributed by atoms with E-state index in [4.69, 9.17) is 4.98 Å². The largest absolute Gasteiger partial charge is 0.302 e. The minimum atomic E-state index is -1.99. The summed E-state index contributed by atoms with van der Waals surface area (Å²) in [4.78, 5) is 9.43. The first-order valence-corrected chi connectivity index (χ1v) is 10.0. The highest BCUT2D eigenvalue weighted by Gasteiger charge is 2.10. The van der Waals surface area contributed by atoms with E-state index in [1.54, 1.807) is 35.1 Å². The average molecular weight is 401 g/mol. The van der Waals surface area contributed by atoms with Crippen molar-refractivity contribution in [1.29, 1.82) is 0 Å². The fourth-order valence-electron chi connectivity index (χ4n) is 3.26. The van der Waals surface area contributed by atoms with Crippen LogP contribution in [0.1, 0.15) is 5.56 Å². The summed E-state index contributed by atoms with van der Waals surface area (Å²) in [7, 11) is 0. The van der Waals surface area contributed by atoms with Crippen molar-refractivity contribution < 1.29 is 8.76 Å². The van der Waals surface area contributed by atoms with E-state index in [0.717, 1.165) is 27.7 Å². The van der Waals surface area contributed by atoms with Crippen LogP contribution in [0.3, 0.4) is 0 Å². The number of hydrogen-bond acceptors (Lipinski definition) is 5. The van der Waals surface area contributed by atoms with Crippen molar-refractivity contribution in [1.82, 2.24) is 25.0 Å². The van der Waals surface area contributed by atoms with Gasteiger partial charge < -0.3 is 4.55 Å². The molecule has 0 saturated heterocycles. The molecule has 0 amide bonds. The Labute approximate surface area is 168 Å². The Morgan fingerprint density at radius 3 is 2.62 bits per heavy atom. The molecule has 1 atom stereocenters. The van der Waals surface area contributed by atoms with Crippen molar-refractivity contribution in [2.24, 2.45) is 0 Å². The minimum Gasteiger partial charge on any atom is -0.302 e. The number of pyridine rings is 2. The number of aromatic nitrogens is 5. The van der Waals surface area contributed by atoms with E-state index >= 15 is 0 Å². The van der Waals surface area contributed by atoms with Gasteiger partial charge in [-0.15, -0.1) is 5.10 Å². The predicted molar refractivity (Wildman–Crippen MR) is 111 cm³/mol. The van der Waals surface area contributed by atoms with Gasteiger partial charge in [-0.05, 0) is 48.0 Å². The van der Waals surface area contributed by atoms with Gasteiger partial charge in [0.1, 0.15) is 5.52 Å². The van der Waals surface area contributed by atoms with Gasteiger partial charge in [-0.1, -0.05) is 29.5 Å². The zero-order valence-corrected chi connectivity index (χ0v) is 16.0. The van der Waals surface area contributed by atoms with E-state index in [9.17, 15) is 8.76 Å². The SMILES string of the molecule is O=S(O)c1ccc(-c2ccc3nnn(Cc4ccc5ncccc5c4)c3n2)cc1. The molecule has 1 N–H and O–H groups in total. The molecule has 5 aromatic rings. The maximum Gasteiger partial charge on any atom is 0.186 e. The second kappa shape index (κ2) is 7.16. The molecule has 0 aliphatic heterocycles. The number of hydrogen-bond donors (Lipinski definition) is 1. The van der Waals surface area contributed by atoms with Crippen LogP contribution in [-0.4, -0.2) is 33.7 Å². The maximum absolute atomic E-state index is 11.2. The standard InChI is InChI=1S/C21H15N5O2S/c27-29(28)17-6-4-15(5-7-17)19-9-10-20-21(23-19)26(25-24-20)13-14-3-8-18-16(12-14)2-1-11-22-18/h1-12H,13H2,(H,27,28). The Morgan fingerprint density at radius 1 is 0.966 bits per heavy atom. The average Bonchev–Trinajstić information content (AvgIpc) is 3.15. The van der Waals surface area contributed by atoms with Crippen molar-refractivity contribution >= 4 is 33.1 Å². The minimum absolute atomic E-state index is 0.354. The summed E-state index contributed by atoms with van der Waals surface area (Å²) in [5.74, 6) is 0. The third kappa shape index (κ3) is 3.39. The fraction of sp³-hybridized carbons (Fsp3) is 0.0476. The first kappa shape index (κ1) is 17.6. The second-order valence-corrected chi connectivity index (χ2v) is 7.56. The molecule has 142 valence electrons. The lowest BCUT2D eigenvalue weighted by Crippen LogP contribution is -2.03. The van der Waals surface area contributed by atoms with Crippen LogP contribution in [0.5, 0.6) is 0 Å². The lowest BCUT2D eigenvalue weighted by Gasteiger charge is -2.06. The van der Waals surface area contributed by atoms with Gasteiger partial charge in [0.05, 0.1) is 22.7 Å².